The van der Waals surface area contributed by atoms with Gasteiger partial charge < -0.3 is 9.05 Å². The third-order valence-corrected chi connectivity index (χ3v) is 13.5. The molecule has 5 aromatic rings. The van der Waals surface area contributed by atoms with Crippen molar-refractivity contribution in [2.45, 2.75) is 12.6 Å². The van der Waals surface area contributed by atoms with Gasteiger partial charge in [-0.05, 0) is 46.5 Å². The van der Waals surface area contributed by atoms with Gasteiger partial charge in [-0.2, -0.15) is 4.52 Å². The molecule has 0 saturated heterocycles. The van der Waals surface area contributed by atoms with Crippen molar-refractivity contribution in [3.05, 3.63) is 160 Å². The molecule has 212 valence electrons. The van der Waals surface area contributed by atoms with Crippen molar-refractivity contribution in [3.8, 4) is 11.5 Å². The standard InChI is InChI=1S/C32H27ClN2O5P2/c1-25(26-22-23-32(35(36)37)31(33)24-26)41(29-18-10-4-11-19-29,30-20-12-5-13-21-30)34-42(38,39-27-14-6-2-7-15-27)40-28-16-8-3-9-17-28/h2-25H,1H3. The smallest absolute Gasteiger partial charge is 0.399 e. The molecule has 42 heavy (non-hydrogen) atoms. The van der Waals surface area contributed by atoms with Gasteiger partial charge in [-0.15, -0.1) is 0 Å². The van der Waals surface area contributed by atoms with Gasteiger partial charge in [0.15, 0.2) is 0 Å². The molecule has 1 unspecified atom stereocenters. The van der Waals surface area contributed by atoms with E-state index in [-0.39, 0.29) is 10.7 Å². The molecule has 0 bridgehead atoms. The van der Waals surface area contributed by atoms with Gasteiger partial charge >= 0.3 is 7.75 Å². The minimum atomic E-state index is -4.29. The van der Waals surface area contributed by atoms with E-state index in [1.165, 1.54) is 6.07 Å². The molecule has 10 heteroatoms. The topological polar surface area (TPSA) is 91.0 Å². The number of hydrogen-bond donors (Lipinski definition) is 0. The summed E-state index contributed by atoms with van der Waals surface area (Å²) in [4.78, 5) is 11.0. The minimum Gasteiger partial charge on any atom is -0.399 e. The van der Waals surface area contributed by atoms with Crippen molar-refractivity contribution >= 4 is 42.7 Å². The molecule has 0 N–H and O–H groups in total. The average molecular weight is 617 g/mol. The number of nitrogens with zero attached hydrogens (tertiary/aromatic N) is 2. The summed E-state index contributed by atoms with van der Waals surface area (Å²) >= 11 is 6.39. The van der Waals surface area contributed by atoms with E-state index in [4.69, 9.17) is 25.2 Å². The molecule has 0 fully saturated rings. The first-order valence-corrected chi connectivity index (χ1v) is 16.8. The summed E-state index contributed by atoms with van der Waals surface area (Å²) in [7, 11) is -7.38. The second-order valence-electron chi connectivity index (χ2n) is 9.37. The molecular formula is C32H27ClN2O5P2. The third kappa shape index (κ3) is 6.34. The fraction of sp³-hybridized carbons (Fsp3) is 0.0625. The predicted molar refractivity (Wildman–Crippen MR) is 170 cm³/mol. The van der Waals surface area contributed by atoms with Gasteiger partial charge in [0.2, 0.25) is 0 Å². The summed E-state index contributed by atoms with van der Waals surface area (Å²) in [5, 5.41) is 13.2. The zero-order valence-electron chi connectivity index (χ0n) is 22.6. The lowest BCUT2D eigenvalue weighted by Crippen LogP contribution is -2.21. The van der Waals surface area contributed by atoms with Crippen molar-refractivity contribution in [2.75, 3.05) is 0 Å². The molecule has 7 nitrogen and oxygen atoms in total. The Hall–Kier alpha value is -4.15. The van der Waals surface area contributed by atoms with Gasteiger partial charge in [0.25, 0.3) is 5.69 Å². The largest absolute Gasteiger partial charge is 0.562 e. The van der Waals surface area contributed by atoms with Crippen LogP contribution in [0.5, 0.6) is 11.5 Å². The van der Waals surface area contributed by atoms with Gasteiger partial charge in [-0.3, -0.25) is 10.1 Å². The number of nitro groups is 1. The van der Waals surface area contributed by atoms with Crippen molar-refractivity contribution < 1.29 is 18.5 Å². The fourth-order valence-electron chi connectivity index (χ4n) is 4.69. The average Bonchev–Trinajstić information content (AvgIpc) is 3.01. The van der Waals surface area contributed by atoms with Crippen LogP contribution >= 0.6 is 26.4 Å². The molecule has 5 aromatic carbocycles. The first kappa shape index (κ1) is 29.3. The molecule has 0 aliphatic carbocycles. The Bertz CT molecular complexity index is 1680. The van der Waals surface area contributed by atoms with Crippen molar-refractivity contribution in [2.24, 2.45) is 4.52 Å². The van der Waals surface area contributed by atoms with Gasteiger partial charge in [0.1, 0.15) is 16.5 Å². The Labute approximate surface area is 249 Å². The fourth-order valence-corrected chi connectivity index (χ4v) is 11.9. The molecule has 0 spiro atoms. The van der Waals surface area contributed by atoms with Crippen LogP contribution in [0.25, 0.3) is 0 Å². The maximum Gasteiger partial charge on any atom is 0.562 e. The second kappa shape index (κ2) is 12.8. The number of halogens is 1. The molecule has 0 saturated carbocycles. The molecule has 0 amide bonds. The molecule has 0 aliphatic heterocycles. The van der Waals surface area contributed by atoms with E-state index in [2.05, 4.69) is 0 Å². The zero-order chi connectivity index (χ0) is 29.6. The van der Waals surface area contributed by atoms with Crippen LogP contribution in [0.1, 0.15) is 18.1 Å². The molecule has 0 aromatic heterocycles. The Morgan fingerprint density at radius 3 is 1.55 bits per heavy atom. The maximum atomic E-state index is 15.0. The van der Waals surface area contributed by atoms with Crippen molar-refractivity contribution in [1.29, 1.82) is 0 Å². The summed E-state index contributed by atoms with van der Waals surface area (Å²) in [6.45, 7) is 1.96. The van der Waals surface area contributed by atoms with Gasteiger partial charge in [0.05, 0.1) is 4.92 Å². The SMILES string of the molecule is CC(c1ccc([N+](=O)[O-])c(Cl)c1)P(=NP(=O)(Oc1ccccc1)Oc1ccccc1)(c1ccccc1)c1ccccc1. The molecule has 1 atom stereocenters. The normalized spacial score (nSPS) is 12.2. The van der Waals surface area contributed by atoms with Gasteiger partial charge in [-0.25, -0.2) is 4.57 Å². The highest BCUT2D eigenvalue weighted by Crippen LogP contribution is 2.68. The molecule has 0 aliphatic rings. The highest BCUT2D eigenvalue weighted by atomic mass is 35.5. The Kier molecular flexibility index (Phi) is 8.94. The highest BCUT2D eigenvalue weighted by molar-refractivity contribution is 7.84. The summed E-state index contributed by atoms with van der Waals surface area (Å²) in [5.41, 5.74) is 0.0624. The van der Waals surface area contributed by atoms with E-state index in [9.17, 15) is 14.7 Å². The summed E-state index contributed by atoms with van der Waals surface area (Å²) in [6.07, 6.45) is 0. The Morgan fingerprint density at radius 1 is 0.714 bits per heavy atom. The van der Waals surface area contributed by atoms with E-state index < -0.39 is 25.4 Å². The van der Waals surface area contributed by atoms with E-state index in [1.54, 1.807) is 60.7 Å². The monoisotopic (exact) mass is 616 g/mol. The van der Waals surface area contributed by atoms with Crippen LogP contribution in [0.3, 0.4) is 0 Å². The Morgan fingerprint density at radius 2 is 1.14 bits per heavy atom. The lowest BCUT2D eigenvalue weighted by Gasteiger charge is -2.33. The zero-order valence-corrected chi connectivity index (χ0v) is 25.1. The third-order valence-electron chi connectivity index (χ3n) is 6.69. The molecule has 0 radical (unpaired) electrons. The summed E-state index contributed by atoms with van der Waals surface area (Å²) < 4.78 is 32.4. The lowest BCUT2D eigenvalue weighted by atomic mass is 10.1. The molecular weight excluding hydrogens is 590 g/mol. The number of rotatable bonds is 10. The number of para-hydroxylation sites is 2. The molecule has 5 rings (SSSR count). The first-order chi connectivity index (χ1) is 20.3. The Balaban J connectivity index is 1.83. The van der Waals surface area contributed by atoms with Crippen LogP contribution in [-0.4, -0.2) is 4.92 Å². The van der Waals surface area contributed by atoms with E-state index in [1.807, 2.05) is 79.7 Å². The van der Waals surface area contributed by atoms with Crippen molar-refractivity contribution in [1.82, 2.24) is 0 Å². The summed E-state index contributed by atoms with van der Waals surface area (Å²) in [6, 6.07) is 41.4. The van der Waals surface area contributed by atoms with Crippen LogP contribution in [0.15, 0.2) is 144 Å². The second-order valence-corrected chi connectivity index (χ2v) is 15.0. The minimum absolute atomic E-state index is 0.00725. The number of hydrogen-bond acceptors (Lipinski definition) is 5. The van der Waals surface area contributed by atoms with Crippen LogP contribution in [-0.2, 0) is 4.57 Å². The lowest BCUT2D eigenvalue weighted by molar-refractivity contribution is -0.384. The summed E-state index contributed by atoms with van der Waals surface area (Å²) in [5.74, 6) is 0.677. The van der Waals surface area contributed by atoms with Crippen molar-refractivity contribution in [3.63, 3.8) is 0 Å². The van der Waals surface area contributed by atoms with E-state index in [0.29, 0.717) is 17.1 Å². The predicted octanol–water partition coefficient (Wildman–Crippen LogP) is 9.43. The van der Waals surface area contributed by atoms with Crippen LogP contribution in [0.2, 0.25) is 5.02 Å². The quantitative estimate of drug-likeness (QED) is 0.0885. The van der Waals surface area contributed by atoms with E-state index >= 15 is 0 Å². The van der Waals surface area contributed by atoms with Crippen LogP contribution < -0.4 is 19.7 Å². The number of nitro benzene ring substituents is 1. The highest BCUT2D eigenvalue weighted by Gasteiger charge is 2.40. The van der Waals surface area contributed by atoms with E-state index in [0.717, 1.165) is 10.6 Å². The number of benzene rings is 5. The van der Waals surface area contributed by atoms with Gasteiger partial charge in [0, 0.05) is 18.8 Å². The first-order valence-electron chi connectivity index (χ1n) is 13.1. The van der Waals surface area contributed by atoms with Crippen LogP contribution in [0.4, 0.5) is 5.69 Å². The maximum absolute atomic E-state index is 15.0. The molecule has 0 heterocycles. The van der Waals surface area contributed by atoms with Crippen LogP contribution in [0, 0.1) is 10.1 Å². The van der Waals surface area contributed by atoms with Gasteiger partial charge in [-0.1, -0.05) is 122 Å².